The summed E-state index contributed by atoms with van der Waals surface area (Å²) in [5.74, 6) is -0.199. The third-order valence-corrected chi connectivity index (χ3v) is 2.91. The molecule has 0 heterocycles. The average Bonchev–Trinajstić information content (AvgIpc) is 2.39. The van der Waals surface area contributed by atoms with E-state index in [4.69, 9.17) is 5.73 Å². The smallest absolute Gasteiger partial charge is 0.146 e. The fraction of sp³-hybridized carbons (Fsp3) is 0.200. The topological polar surface area (TPSA) is 29.3 Å². The molecule has 0 atom stereocenters. The number of hydrogen-bond donors (Lipinski definition) is 1. The summed E-state index contributed by atoms with van der Waals surface area (Å²) in [6, 6.07) is 14.8. The second kappa shape index (κ2) is 5.65. The van der Waals surface area contributed by atoms with Crippen LogP contribution in [-0.2, 0) is 13.1 Å². The summed E-state index contributed by atoms with van der Waals surface area (Å²) in [6.07, 6.45) is 0. The van der Waals surface area contributed by atoms with Gasteiger partial charge in [-0.2, -0.15) is 0 Å². The lowest BCUT2D eigenvalue weighted by atomic mass is 10.1. The van der Waals surface area contributed by atoms with Crippen LogP contribution in [-0.4, -0.2) is 7.05 Å². The normalized spacial score (nSPS) is 10.4. The van der Waals surface area contributed by atoms with Crippen molar-refractivity contribution < 1.29 is 4.39 Å². The van der Waals surface area contributed by atoms with Crippen LogP contribution < -0.4 is 10.6 Å². The Balaban J connectivity index is 2.16. The predicted molar refractivity (Wildman–Crippen MR) is 72.8 cm³/mol. The Morgan fingerprint density at radius 3 is 2.50 bits per heavy atom. The molecule has 2 rings (SSSR count). The molecular weight excluding hydrogens is 227 g/mol. The second-order valence-electron chi connectivity index (χ2n) is 4.33. The van der Waals surface area contributed by atoms with Gasteiger partial charge in [-0.05, 0) is 23.3 Å². The van der Waals surface area contributed by atoms with E-state index in [9.17, 15) is 4.39 Å². The van der Waals surface area contributed by atoms with E-state index in [-0.39, 0.29) is 5.82 Å². The van der Waals surface area contributed by atoms with Crippen molar-refractivity contribution in [2.75, 3.05) is 11.9 Å². The van der Waals surface area contributed by atoms with Crippen LogP contribution in [0.4, 0.5) is 10.1 Å². The largest absolute Gasteiger partial charge is 0.368 e. The van der Waals surface area contributed by atoms with E-state index in [1.54, 1.807) is 12.1 Å². The third kappa shape index (κ3) is 2.87. The number of anilines is 1. The number of benzene rings is 2. The van der Waals surface area contributed by atoms with Crippen molar-refractivity contribution in [2.24, 2.45) is 5.73 Å². The van der Waals surface area contributed by atoms with Crippen molar-refractivity contribution in [3.05, 3.63) is 65.5 Å². The van der Waals surface area contributed by atoms with Gasteiger partial charge in [0.25, 0.3) is 0 Å². The van der Waals surface area contributed by atoms with E-state index < -0.39 is 0 Å². The van der Waals surface area contributed by atoms with Gasteiger partial charge in [0.2, 0.25) is 0 Å². The summed E-state index contributed by atoms with van der Waals surface area (Å²) >= 11 is 0. The Kier molecular flexibility index (Phi) is 3.95. The predicted octanol–water partition coefficient (Wildman–Crippen LogP) is 2.92. The second-order valence-corrected chi connectivity index (χ2v) is 4.33. The highest BCUT2D eigenvalue weighted by molar-refractivity contribution is 5.47. The molecule has 2 aromatic carbocycles. The summed E-state index contributed by atoms with van der Waals surface area (Å²) in [5, 5.41) is 0. The molecule has 0 saturated heterocycles. The summed E-state index contributed by atoms with van der Waals surface area (Å²) in [5.41, 5.74) is 8.44. The highest BCUT2D eigenvalue weighted by Crippen LogP contribution is 2.19. The van der Waals surface area contributed by atoms with Crippen molar-refractivity contribution in [1.82, 2.24) is 0 Å². The first-order valence-electron chi connectivity index (χ1n) is 5.94. The zero-order chi connectivity index (χ0) is 13.0. The molecule has 0 aliphatic rings. The van der Waals surface area contributed by atoms with E-state index in [1.807, 2.05) is 36.2 Å². The molecule has 2 N–H and O–H groups in total. The molecule has 0 saturated carbocycles. The molecule has 0 aliphatic heterocycles. The van der Waals surface area contributed by atoms with E-state index in [0.29, 0.717) is 18.8 Å². The fourth-order valence-electron chi connectivity index (χ4n) is 1.98. The SMILES string of the molecule is CN(Cc1cccc(CN)c1)c1ccccc1F. The zero-order valence-electron chi connectivity index (χ0n) is 10.4. The van der Waals surface area contributed by atoms with E-state index in [1.165, 1.54) is 6.07 Å². The molecule has 0 aromatic heterocycles. The molecule has 0 radical (unpaired) electrons. The van der Waals surface area contributed by atoms with Gasteiger partial charge in [-0.15, -0.1) is 0 Å². The van der Waals surface area contributed by atoms with Crippen LogP contribution in [0.25, 0.3) is 0 Å². The van der Waals surface area contributed by atoms with Crippen molar-refractivity contribution in [2.45, 2.75) is 13.1 Å². The minimum atomic E-state index is -0.199. The third-order valence-electron chi connectivity index (χ3n) is 2.91. The number of para-hydroxylation sites is 1. The maximum absolute atomic E-state index is 13.6. The van der Waals surface area contributed by atoms with Crippen LogP contribution in [0.2, 0.25) is 0 Å². The maximum atomic E-state index is 13.6. The zero-order valence-corrected chi connectivity index (χ0v) is 10.4. The van der Waals surface area contributed by atoms with E-state index in [2.05, 4.69) is 6.07 Å². The van der Waals surface area contributed by atoms with E-state index in [0.717, 1.165) is 11.1 Å². The molecular formula is C15H17FN2. The summed E-state index contributed by atoms with van der Waals surface area (Å²) in [6.45, 7) is 1.19. The Bertz CT molecular complexity index is 525. The first-order valence-corrected chi connectivity index (χ1v) is 5.94. The van der Waals surface area contributed by atoms with E-state index >= 15 is 0 Å². The lowest BCUT2D eigenvalue weighted by molar-refractivity contribution is 0.622. The Labute approximate surface area is 107 Å². The number of halogens is 1. The molecule has 94 valence electrons. The maximum Gasteiger partial charge on any atom is 0.146 e. The van der Waals surface area contributed by atoms with Crippen molar-refractivity contribution in [3.8, 4) is 0 Å². The van der Waals surface area contributed by atoms with Gasteiger partial charge in [-0.25, -0.2) is 4.39 Å². The quantitative estimate of drug-likeness (QED) is 0.896. The van der Waals surface area contributed by atoms with Crippen LogP contribution in [0, 0.1) is 5.82 Å². The Hall–Kier alpha value is -1.87. The molecule has 0 bridgehead atoms. The number of nitrogens with zero attached hydrogens (tertiary/aromatic N) is 1. The summed E-state index contributed by atoms with van der Waals surface area (Å²) in [7, 11) is 1.88. The molecule has 0 spiro atoms. The first kappa shape index (κ1) is 12.6. The van der Waals surface area contributed by atoms with Gasteiger partial charge in [0.05, 0.1) is 5.69 Å². The van der Waals surface area contributed by atoms with Gasteiger partial charge in [-0.1, -0.05) is 36.4 Å². The monoisotopic (exact) mass is 244 g/mol. The fourth-order valence-corrected chi connectivity index (χ4v) is 1.98. The van der Waals surface area contributed by atoms with Crippen LogP contribution in [0.15, 0.2) is 48.5 Å². The molecule has 0 fully saturated rings. The minimum absolute atomic E-state index is 0.199. The van der Waals surface area contributed by atoms with Crippen LogP contribution in [0.3, 0.4) is 0 Å². The van der Waals surface area contributed by atoms with Crippen molar-refractivity contribution in [1.29, 1.82) is 0 Å². The molecule has 3 heteroatoms. The molecule has 0 unspecified atom stereocenters. The molecule has 0 aliphatic carbocycles. The lowest BCUT2D eigenvalue weighted by Crippen LogP contribution is -2.17. The van der Waals surface area contributed by atoms with Gasteiger partial charge in [0.1, 0.15) is 5.82 Å². The van der Waals surface area contributed by atoms with Crippen LogP contribution in [0.5, 0.6) is 0 Å². The van der Waals surface area contributed by atoms with Gasteiger partial charge < -0.3 is 10.6 Å². The standard InChI is InChI=1S/C15H17FN2/c1-18(15-8-3-2-7-14(15)16)11-13-6-4-5-12(9-13)10-17/h2-9H,10-11,17H2,1H3. The number of rotatable bonds is 4. The van der Waals surface area contributed by atoms with Crippen LogP contribution >= 0.6 is 0 Å². The average molecular weight is 244 g/mol. The lowest BCUT2D eigenvalue weighted by Gasteiger charge is -2.20. The Morgan fingerprint density at radius 2 is 1.78 bits per heavy atom. The summed E-state index contributed by atoms with van der Waals surface area (Å²) in [4.78, 5) is 1.89. The van der Waals surface area contributed by atoms with Gasteiger partial charge in [0.15, 0.2) is 0 Å². The highest BCUT2D eigenvalue weighted by atomic mass is 19.1. The van der Waals surface area contributed by atoms with Gasteiger partial charge >= 0.3 is 0 Å². The van der Waals surface area contributed by atoms with Gasteiger partial charge in [-0.3, -0.25) is 0 Å². The molecule has 18 heavy (non-hydrogen) atoms. The highest BCUT2D eigenvalue weighted by Gasteiger charge is 2.07. The van der Waals surface area contributed by atoms with Gasteiger partial charge in [0, 0.05) is 20.1 Å². The number of nitrogens with two attached hydrogens (primary N) is 1. The van der Waals surface area contributed by atoms with Crippen molar-refractivity contribution in [3.63, 3.8) is 0 Å². The minimum Gasteiger partial charge on any atom is -0.368 e. The summed E-state index contributed by atoms with van der Waals surface area (Å²) < 4.78 is 13.6. The molecule has 2 nitrogen and oxygen atoms in total. The first-order chi connectivity index (χ1) is 8.70. The molecule has 0 amide bonds. The Morgan fingerprint density at radius 1 is 1.06 bits per heavy atom. The molecule has 2 aromatic rings. The van der Waals surface area contributed by atoms with Crippen LogP contribution in [0.1, 0.15) is 11.1 Å². The number of hydrogen-bond acceptors (Lipinski definition) is 2. The van der Waals surface area contributed by atoms with Crippen molar-refractivity contribution >= 4 is 5.69 Å².